The first-order valence-electron chi connectivity index (χ1n) is 5.76. The summed E-state index contributed by atoms with van der Waals surface area (Å²) >= 11 is 12.9. The Morgan fingerprint density at radius 2 is 2.14 bits per heavy atom. The molecule has 2 rings (SSSR count). The highest BCUT2D eigenvalue weighted by Crippen LogP contribution is 2.22. The fraction of sp³-hybridized carbons (Fsp3) is 0.0769. The molecule has 0 bridgehead atoms. The van der Waals surface area contributed by atoms with Gasteiger partial charge in [-0.2, -0.15) is 0 Å². The van der Waals surface area contributed by atoms with E-state index in [-0.39, 0.29) is 16.8 Å². The predicted molar refractivity (Wildman–Crippen MR) is 83.0 cm³/mol. The minimum atomic E-state index is -1.00. The molecule has 0 aromatic carbocycles. The number of aromatic amines is 1. The number of carbonyl (C=O) groups is 2. The number of carbonyl (C=O) groups excluding carboxylic acids is 1. The number of rotatable bonds is 5. The summed E-state index contributed by atoms with van der Waals surface area (Å²) < 4.78 is 0. The monoisotopic (exact) mass is 344 g/mol. The largest absolute Gasteiger partial charge is 0.478 e. The van der Waals surface area contributed by atoms with Crippen LogP contribution in [0.1, 0.15) is 20.9 Å². The molecule has 0 aliphatic rings. The standard InChI is InChI=1S/C13H10Cl2N2O3S/c14-9-4-10(17-12(9)15)13(20)16-5-8-3-7(6-21-8)1-2-11(18)19/h1-4,6,17H,5H2,(H,16,20)(H,18,19). The quantitative estimate of drug-likeness (QED) is 0.727. The van der Waals surface area contributed by atoms with Gasteiger partial charge < -0.3 is 15.4 Å². The van der Waals surface area contributed by atoms with Gasteiger partial charge in [0, 0.05) is 11.0 Å². The molecule has 1 amide bonds. The molecule has 0 saturated carbocycles. The minimum absolute atomic E-state index is 0.221. The molecule has 2 heterocycles. The molecule has 0 fully saturated rings. The molecule has 2 aromatic rings. The smallest absolute Gasteiger partial charge is 0.328 e. The van der Waals surface area contributed by atoms with E-state index in [4.69, 9.17) is 28.3 Å². The summed E-state index contributed by atoms with van der Waals surface area (Å²) in [4.78, 5) is 25.8. The van der Waals surface area contributed by atoms with Crippen molar-refractivity contribution in [2.75, 3.05) is 0 Å². The van der Waals surface area contributed by atoms with E-state index in [0.29, 0.717) is 11.6 Å². The Balaban J connectivity index is 1.94. The van der Waals surface area contributed by atoms with Crippen molar-refractivity contribution in [2.45, 2.75) is 6.54 Å². The van der Waals surface area contributed by atoms with Crippen LogP contribution < -0.4 is 5.32 Å². The molecule has 0 unspecified atom stereocenters. The van der Waals surface area contributed by atoms with Gasteiger partial charge in [-0.15, -0.1) is 11.3 Å². The van der Waals surface area contributed by atoms with Gasteiger partial charge in [-0.05, 0) is 29.2 Å². The van der Waals surface area contributed by atoms with Crippen LogP contribution >= 0.6 is 34.5 Å². The van der Waals surface area contributed by atoms with Gasteiger partial charge in [-0.25, -0.2) is 4.79 Å². The van der Waals surface area contributed by atoms with Crippen LogP contribution in [0.25, 0.3) is 6.08 Å². The molecule has 8 heteroatoms. The molecule has 2 aromatic heterocycles. The van der Waals surface area contributed by atoms with Crippen LogP contribution in [-0.4, -0.2) is 22.0 Å². The van der Waals surface area contributed by atoms with Gasteiger partial charge in [-0.1, -0.05) is 23.2 Å². The first kappa shape index (κ1) is 15.6. The van der Waals surface area contributed by atoms with Crippen LogP contribution in [0, 0.1) is 0 Å². The number of H-pyrrole nitrogens is 1. The van der Waals surface area contributed by atoms with Crippen molar-refractivity contribution >= 4 is 52.5 Å². The van der Waals surface area contributed by atoms with Crippen LogP contribution in [0.5, 0.6) is 0 Å². The van der Waals surface area contributed by atoms with E-state index < -0.39 is 5.97 Å². The van der Waals surface area contributed by atoms with Gasteiger partial charge in [0.15, 0.2) is 0 Å². The fourth-order valence-corrected chi connectivity index (χ4v) is 2.64. The summed E-state index contributed by atoms with van der Waals surface area (Å²) in [6.07, 6.45) is 2.56. The van der Waals surface area contributed by atoms with Crippen molar-refractivity contribution in [1.82, 2.24) is 10.3 Å². The van der Waals surface area contributed by atoms with Gasteiger partial charge >= 0.3 is 5.97 Å². The van der Waals surface area contributed by atoms with Crippen molar-refractivity contribution in [2.24, 2.45) is 0 Å². The highest BCUT2D eigenvalue weighted by Gasteiger charge is 2.11. The van der Waals surface area contributed by atoms with Crippen molar-refractivity contribution < 1.29 is 14.7 Å². The highest BCUT2D eigenvalue weighted by atomic mass is 35.5. The van der Waals surface area contributed by atoms with Crippen LogP contribution in [0.2, 0.25) is 10.2 Å². The Bertz CT molecular complexity index is 687. The molecule has 21 heavy (non-hydrogen) atoms. The maximum atomic E-state index is 11.9. The lowest BCUT2D eigenvalue weighted by Gasteiger charge is -2.00. The number of aromatic nitrogens is 1. The van der Waals surface area contributed by atoms with Gasteiger partial charge in [0.1, 0.15) is 10.8 Å². The SMILES string of the molecule is O=C(O)C=Cc1csc(CNC(=O)c2cc(Cl)c(Cl)[nH]2)c1. The zero-order chi connectivity index (χ0) is 15.4. The van der Waals surface area contributed by atoms with Gasteiger partial charge in [0.2, 0.25) is 0 Å². The van der Waals surface area contributed by atoms with E-state index in [9.17, 15) is 9.59 Å². The second-order valence-electron chi connectivity index (χ2n) is 4.05. The zero-order valence-corrected chi connectivity index (χ0v) is 12.9. The van der Waals surface area contributed by atoms with Crippen molar-refractivity contribution in [3.8, 4) is 0 Å². The molecule has 0 spiro atoms. The Morgan fingerprint density at radius 3 is 2.76 bits per heavy atom. The summed E-state index contributed by atoms with van der Waals surface area (Å²) in [5, 5.41) is 13.6. The average molecular weight is 345 g/mol. The van der Waals surface area contributed by atoms with E-state index in [2.05, 4.69) is 10.3 Å². The molecule has 0 radical (unpaired) electrons. The highest BCUT2D eigenvalue weighted by molar-refractivity contribution is 7.10. The number of carboxylic acid groups (broad SMARTS) is 1. The number of hydrogen-bond donors (Lipinski definition) is 3. The number of thiophene rings is 1. The second kappa shape index (κ2) is 6.80. The predicted octanol–water partition coefficient (Wildman–Crippen LogP) is 3.41. The molecule has 3 N–H and O–H groups in total. The molecular weight excluding hydrogens is 335 g/mol. The van der Waals surface area contributed by atoms with E-state index in [1.165, 1.54) is 23.5 Å². The van der Waals surface area contributed by atoms with Gasteiger partial charge in [-0.3, -0.25) is 4.79 Å². The lowest BCUT2D eigenvalue weighted by molar-refractivity contribution is -0.131. The van der Waals surface area contributed by atoms with Crippen LogP contribution in [0.15, 0.2) is 23.6 Å². The molecule has 5 nitrogen and oxygen atoms in total. The second-order valence-corrected chi connectivity index (χ2v) is 5.83. The van der Waals surface area contributed by atoms with E-state index in [1.54, 1.807) is 6.07 Å². The van der Waals surface area contributed by atoms with E-state index in [0.717, 1.165) is 16.5 Å². The zero-order valence-electron chi connectivity index (χ0n) is 10.5. The third-order valence-corrected chi connectivity index (χ3v) is 4.13. The van der Waals surface area contributed by atoms with Crippen LogP contribution in [0.4, 0.5) is 0 Å². The van der Waals surface area contributed by atoms with E-state index in [1.807, 2.05) is 5.38 Å². The maximum Gasteiger partial charge on any atom is 0.328 e. The van der Waals surface area contributed by atoms with E-state index >= 15 is 0 Å². The third-order valence-electron chi connectivity index (χ3n) is 2.49. The topological polar surface area (TPSA) is 82.2 Å². The van der Waals surface area contributed by atoms with Gasteiger partial charge in [0.05, 0.1) is 11.6 Å². The lowest BCUT2D eigenvalue weighted by atomic mass is 10.3. The summed E-state index contributed by atoms with van der Waals surface area (Å²) in [6.45, 7) is 0.332. The molecule has 0 aliphatic heterocycles. The Hall–Kier alpha value is -1.76. The first-order chi connectivity index (χ1) is 9.95. The molecule has 0 atom stereocenters. The molecular formula is C13H10Cl2N2O3S. The molecule has 0 saturated heterocycles. The van der Waals surface area contributed by atoms with Crippen molar-refractivity contribution in [3.05, 3.63) is 49.9 Å². The number of hydrogen-bond acceptors (Lipinski definition) is 3. The number of carboxylic acids is 1. The number of nitrogens with one attached hydrogen (secondary N) is 2. The number of aliphatic carboxylic acids is 1. The summed E-state index contributed by atoms with van der Waals surface area (Å²) in [5.74, 6) is -1.32. The summed E-state index contributed by atoms with van der Waals surface area (Å²) in [6, 6.07) is 3.26. The Kier molecular flexibility index (Phi) is 5.06. The minimum Gasteiger partial charge on any atom is -0.478 e. The maximum absolute atomic E-state index is 11.9. The van der Waals surface area contributed by atoms with Crippen LogP contribution in [-0.2, 0) is 11.3 Å². The Labute approximate surface area is 134 Å². The number of amides is 1. The van der Waals surface area contributed by atoms with Crippen molar-refractivity contribution in [3.63, 3.8) is 0 Å². The van der Waals surface area contributed by atoms with Crippen LogP contribution in [0.3, 0.4) is 0 Å². The average Bonchev–Trinajstić information content (AvgIpc) is 3.01. The normalized spacial score (nSPS) is 11.0. The van der Waals surface area contributed by atoms with Gasteiger partial charge in [0.25, 0.3) is 5.91 Å². The first-order valence-corrected chi connectivity index (χ1v) is 7.40. The third kappa shape index (κ3) is 4.35. The lowest BCUT2D eigenvalue weighted by Crippen LogP contribution is -2.22. The summed E-state index contributed by atoms with van der Waals surface area (Å²) in [5.41, 5.74) is 1.06. The Morgan fingerprint density at radius 1 is 1.38 bits per heavy atom. The van der Waals surface area contributed by atoms with Crippen molar-refractivity contribution in [1.29, 1.82) is 0 Å². The fourth-order valence-electron chi connectivity index (χ4n) is 1.53. The summed E-state index contributed by atoms with van der Waals surface area (Å²) in [7, 11) is 0. The molecule has 0 aliphatic carbocycles. The number of halogens is 2. The molecule has 110 valence electrons.